The van der Waals surface area contributed by atoms with Crippen LogP contribution >= 0.6 is 17.7 Å². The van der Waals surface area contributed by atoms with Gasteiger partial charge in [0.15, 0.2) is 0 Å². The van der Waals surface area contributed by atoms with Gasteiger partial charge in [-0.25, -0.2) is 0 Å². The zero-order valence-corrected chi connectivity index (χ0v) is 15.4. The van der Waals surface area contributed by atoms with Crippen LogP contribution in [0.25, 0.3) is 0 Å². The maximum absolute atomic E-state index is 7.34. The van der Waals surface area contributed by atoms with Crippen LogP contribution in [0.15, 0.2) is 91.0 Å². The summed E-state index contributed by atoms with van der Waals surface area (Å²) in [7, 11) is 14.7. The predicted molar refractivity (Wildman–Crippen MR) is 95.7 cm³/mol. The third-order valence-corrected chi connectivity index (χ3v) is 21.8. The van der Waals surface area contributed by atoms with Gasteiger partial charge in [0.25, 0.3) is 0 Å². The van der Waals surface area contributed by atoms with E-state index in [4.69, 9.17) is 17.7 Å². The number of rotatable bonds is 3. The van der Waals surface area contributed by atoms with Crippen LogP contribution in [-0.2, 0) is 0 Å². The first-order valence-electron chi connectivity index (χ1n) is 6.74. The van der Waals surface area contributed by atoms with E-state index in [1.165, 1.54) is 0 Å². The summed E-state index contributed by atoms with van der Waals surface area (Å²) in [6.45, 7) is 0. The summed E-state index contributed by atoms with van der Waals surface area (Å²) < 4.78 is 3.10. The van der Waals surface area contributed by atoms with Crippen LogP contribution in [0.4, 0.5) is 0 Å². The van der Waals surface area contributed by atoms with E-state index < -0.39 is 15.1 Å². The molecule has 0 fully saturated rings. The molecule has 0 aliphatic heterocycles. The van der Waals surface area contributed by atoms with E-state index in [0.29, 0.717) is 0 Å². The van der Waals surface area contributed by atoms with Crippen LogP contribution in [0, 0.1) is 0 Å². The molecular weight excluding hydrogens is 409 g/mol. The molecule has 0 aliphatic rings. The molecule has 3 heteroatoms. The van der Waals surface area contributed by atoms with E-state index in [1.54, 1.807) is 0 Å². The Labute approximate surface area is 133 Å². The molecule has 0 heterocycles. The Kier molecular flexibility index (Phi) is 4.05. The van der Waals surface area contributed by atoms with Crippen LogP contribution in [0.1, 0.15) is 0 Å². The first-order chi connectivity index (χ1) is 10.1. The standard InChI is InChI=1S/3C6H5.2ClH.Sb/c3*1-2-4-6-5-3-1;;;/h3*1-5H;2*1H;/q;;;;;+2/p-2. The molecule has 0 saturated carbocycles. The molecule has 0 saturated heterocycles. The summed E-state index contributed by atoms with van der Waals surface area (Å²) >= 11 is -4.40. The van der Waals surface area contributed by atoms with Gasteiger partial charge in [-0.2, -0.15) is 0 Å². The van der Waals surface area contributed by atoms with E-state index >= 15 is 0 Å². The van der Waals surface area contributed by atoms with Gasteiger partial charge < -0.3 is 0 Å². The van der Waals surface area contributed by atoms with E-state index in [9.17, 15) is 0 Å². The quantitative estimate of drug-likeness (QED) is 0.565. The second-order valence-corrected chi connectivity index (χ2v) is 24.7. The Balaban J connectivity index is 2.36. The Bertz CT molecular complexity index is 622. The Morgan fingerprint density at radius 2 is 0.667 bits per heavy atom. The number of hydrogen-bond donors (Lipinski definition) is 0. The third-order valence-electron chi connectivity index (χ3n) is 3.63. The molecule has 21 heavy (non-hydrogen) atoms. The van der Waals surface area contributed by atoms with E-state index in [1.807, 2.05) is 91.0 Å². The topological polar surface area (TPSA) is 0 Å². The van der Waals surface area contributed by atoms with Crippen molar-refractivity contribution in [2.24, 2.45) is 0 Å². The summed E-state index contributed by atoms with van der Waals surface area (Å²) in [6, 6.07) is 30.2. The Hall–Kier alpha value is -0.942. The molecule has 0 spiro atoms. The van der Waals surface area contributed by atoms with Crippen molar-refractivity contribution in [2.75, 3.05) is 0 Å². The molecule has 3 rings (SSSR count). The molecule has 0 unspecified atom stereocenters. The van der Waals surface area contributed by atoms with E-state index in [0.717, 1.165) is 10.5 Å². The van der Waals surface area contributed by atoms with Gasteiger partial charge in [0.1, 0.15) is 0 Å². The summed E-state index contributed by atoms with van der Waals surface area (Å²) in [5.74, 6) is 0. The van der Waals surface area contributed by atoms with Crippen molar-refractivity contribution in [3.8, 4) is 0 Å². The summed E-state index contributed by atoms with van der Waals surface area (Å²) in [4.78, 5) is 0. The van der Waals surface area contributed by atoms with Gasteiger partial charge >= 0.3 is 134 Å². The normalized spacial score (nSPS) is 13.3. The van der Waals surface area contributed by atoms with Crippen LogP contribution in [0.2, 0.25) is 0 Å². The van der Waals surface area contributed by atoms with Crippen molar-refractivity contribution in [2.45, 2.75) is 0 Å². The molecule has 0 N–H and O–H groups in total. The van der Waals surface area contributed by atoms with Crippen molar-refractivity contribution >= 4 is 43.3 Å². The van der Waals surface area contributed by atoms with Crippen molar-refractivity contribution in [3.63, 3.8) is 0 Å². The van der Waals surface area contributed by atoms with Crippen LogP contribution in [-0.4, -0.2) is 15.1 Å². The minimum absolute atomic E-state index is 1.03. The molecule has 0 bridgehead atoms. The zero-order chi connectivity index (χ0) is 14.8. The third kappa shape index (κ3) is 2.50. The molecule has 0 atom stereocenters. The van der Waals surface area contributed by atoms with Crippen LogP contribution in [0.3, 0.4) is 0 Å². The second-order valence-electron chi connectivity index (χ2n) is 4.91. The average molecular weight is 424 g/mol. The molecule has 3 aromatic rings. The fourth-order valence-electron chi connectivity index (χ4n) is 2.52. The fourth-order valence-corrected chi connectivity index (χ4v) is 15.6. The predicted octanol–water partition coefficient (Wildman–Crippen LogP) is 3.58. The van der Waals surface area contributed by atoms with Crippen molar-refractivity contribution in [3.05, 3.63) is 91.0 Å². The van der Waals surface area contributed by atoms with Gasteiger partial charge in [0.2, 0.25) is 0 Å². The van der Waals surface area contributed by atoms with Gasteiger partial charge in [-0.05, 0) is 0 Å². The molecule has 3 aromatic carbocycles. The van der Waals surface area contributed by atoms with Crippen LogP contribution in [0.5, 0.6) is 0 Å². The molecule has 0 nitrogen and oxygen atoms in total. The minimum atomic E-state index is -4.40. The average Bonchev–Trinajstić information content (AvgIpc) is 2.57. The van der Waals surface area contributed by atoms with Crippen LogP contribution < -0.4 is 10.5 Å². The number of benzene rings is 3. The van der Waals surface area contributed by atoms with Gasteiger partial charge in [0.05, 0.1) is 0 Å². The second kappa shape index (κ2) is 5.69. The van der Waals surface area contributed by atoms with Gasteiger partial charge in [0, 0.05) is 0 Å². The van der Waals surface area contributed by atoms with E-state index in [-0.39, 0.29) is 0 Å². The fraction of sp³-hybridized carbons (Fsp3) is 0. The van der Waals surface area contributed by atoms with Crippen molar-refractivity contribution < 1.29 is 0 Å². The van der Waals surface area contributed by atoms with E-state index in [2.05, 4.69) is 0 Å². The van der Waals surface area contributed by atoms with Crippen molar-refractivity contribution in [1.82, 2.24) is 0 Å². The SMILES string of the molecule is [Cl][Sb]([Cl])([c]1ccccc1)([c]1ccccc1)[c]1ccccc1. The van der Waals surface area contributed by atoms with Gasteiger partial charge in [-0.1, -0.05) is 0 Å². The first kappa shape index (κ1) is 15.0. The molecule has 0 aliphatic carbocycles. The summed E-state index contributed by atoms with van der Waals surface area (Å²) in [6.07, 6.45) is 0. The number of hydrogen-bond acceptors (Lipinski definition) is 0. The maximum atomic E-state index is 7.34. The Morgan fingerprint density at radius 1 is 0.429 bits per heavy atom. The van der Waals surface area contributed by atoms with Gasteiger partial charge in [-0.3, -0.25) is 0 Å². The summed E-state index contributed by atoms with van der Waals surface area (Å²) in [5.41, 5.74) is 0. The Morgan fingerprint density at radius 3 is 0.905 bits per heavy atom. The summed E-state index contributed by atoms with van der Waals surface area (Å²) in [5, 5.41) is 0. The molecule has 106 valence electrons. The van der Waals surface area contributed by atoms with Gasteiger partial charge in [-0.15, -0.1) is 0 Å². The van der Waals surface area contributed by atoms with Crippen molar-refractivity contribution in [1.29, 1.82) is 0 Å². The monoisotopic (exact) mass is 422 g/mol. The molecule has 0 aromatic heterocycles. The molecular formula is C18H15Cl2Sb. The first-order valence-corrected chi connectivity index (χ1v) is 17.0. The number of halogens is 2. The molecule has 0 radical (unpaired) electrons. The molecule has 0 amide bonds. The zero-order valence-electron chi connectivity index (χ0n) is 11.4.